The van der Waals surface area contributed by atoms with Crippen molar-refractivity contribution < 1.29 is 19.3 Å². The van der Waals surface area contributed by atoms with E-state index >= 15 is 0 Å². The van der Waals surface area contributed by atoms with Crippen LogP contribution in [0.4, 0.5) is 4.39 Å². The topological polar surface area (TPSA) is 98.5 Å². The summed E-state index contributed by atoms with van der Waals surface area (Å²) in [6, 6.07) is 4.20. The number of hydrogen-bond donors (Lipinski definition) is 2. The molecule has 2 N–H and O–H groups in total. The summed E-state index contributed by atoms with van der Waals surface area (Å²) in [5, 5.41) is 22.3. The molecule has 2 unspecified atom stereocenters. The molecule has 1 aromatic carbocycles. The summed E-state index contributed by atoms with van der Waals surface area (Å²) in [4.78, 5) is 2.44. The van der Waals surface area contributed by atoms with Crippen LogP contribution in [0.5, 0.6) is 5.75 Å². The molecule has 0 aliphatic rings. The van der Waals surface area contributed by atoms with E-state index in [4.69, 9.17) is 10.3 Å². The van der Waals surface area contributed by atoms with Crippen LogP contribution in [-0.4, -0.2) is 30.0 Å². The largest absolute Gasteiger partial charge is 0.494 e. The zero-order chi connectivity index (χ0) is 12.8. The van der Waals surface area contributed by atoms with Gasteiger partial charge in [-0.3, -0.25) is 0 Å². The highest BCUT2D eigenvalue weighted by atomic mass is 19.1. The Labute approximate surface area is 96.9 Å². The van der Waals surface area contributed by atoms with Crippen LogP contribution in [0.15, 0.2) is 23.3 Å². The normalized spacial score (nSPS) is 13.6. The molecule has 0 spiro atoms. The molecule has 0 bridgehead atoms. The summed E-state index contributed by atoms with van der Waals surface area (Å²) >= 11 is 0. The number of methoxy groups -OCH3 is 1. The van der Waals surface area contributed by atoms with E-state index in [0.29, 0.717) is 0 Å². The number of nitrogens with zero attached hydrogens (tertiary/aromatic N) is 3. The summed E-state index contributed by atoms with van der Waals surface area (Å²) in [5.74, 6) is -0.778. The van der Waals surface area contributed by atoms with Crippen LogP contribution in [0, 0.1) is 5.82 Å². The molecule has 0 aliphatic heterocycles. The predicted molar refractivity (Wildman–Crippen MR) is 57.9 cm³/mol. The van der Waals surface area contributed by atoms with E-state index in [1.54, 1.807) is 0 Å². The zero-order valence-electron chi connectivity index (χ0n) is 9.12. The zero-order valence-corrected chi connectivity index (χ0v) is 9.12. The van der Waals surface area contributed by atoms with Gasteiger partial charge in [0.25, 0.3) is 0 Å². The lowest BCUT2D eigenvalue weighted by atomic mass is 10.0. The van der Waals surface area contributed by atoms with E-state index in [1.165, 1.54) is 25.3 Å². The van der Waals surface area contributed by atoms with Gasteiger partial charge in [0.15, 0.2) is 11.6 Å². The van der Waals surface area contributed by atoms with Gasteiger partial charge in [-0.1, -0.05) is 17.2 Å². The maximum absolute atomic E-state index is 13.7. The lowest BCUT2D eigenvalue weighted by Gasteiger charge is -2.17. The number of halogens is 1. The first-order chi connectivity index (χ1) is 8.11. The van der Waals surface area contributed by atoms with E-state index < -0.39 is 18.0 Å². The molecule has 6 nitrogen and oxygen atoms in total. The van der Waals surface area contributed by atoms with Crippen molar-refractivity contribution in [2.75, 3.05) is 13.7 Å². The quantitative estimate of drug-likeness (QED) is 0.464. The van der Waals surface area contributed by atoms with Gasteiger partial charge in [0.1, 0.15) is 6.10 Å². The lowest BCUT2D eigenvalue weighted by molar-refractivity contribution is 0.0220. The number of aliphatic hydroxyl groups excluding tert-OH is 2. The van der Waals surface area contributed by atoms with Gasteiger partial charge in [-0.2, -0.15) is 0 Å². The van der Waals surface area contributed by atoms with Crippen molar-refractivity contribution in [1.29, 1.82) is 0 Å². The molecule has 0 saturated heterocycles. The third-order valence-corrected chi connectivity index (χ3v) is 2.23. The Morgan fingerprint density at radius 1 is 1.53 bits per heavy atom. The Hall–Kier alpha value is -1.82. The molecular formula is C10H12FN3O3. The van der Waals surface area contributed by atoms with Crippen molar-refractivity contribution in [2.45, 2.75) is 12.2 Å². The molecular weight excluding hydrogens is 229 g/mol. The molecule has 0 fully saturated rings. The second kappa shape index (κ2) is 6.05. The second-order valence-corrected chi connectivity index (χ2v) is 3.29. The van der Waals surface area contributed by atoms with Crippen molar-refractivity contribution in [2.24, 2.45) is 5.11 Å². The van der Waals surface area contributed by atoms with Crippen LogP contribution < -0.4 is 4.74 Å². The maximum atomic E-state index is 13.7. The molecule has 0 aromatic heterocycles. The number of hydrogen-bond acceptors (Lipinski definition) is 4. The molecule has 92 valence electrons. The van der Waals surface area contributed by atoms with Gasteiger partial charge >= 0.3 is 0 Å². The van der Waals surface area contributed by atoms with Gasteiger partial charge < -0.3 is 14.9 Å². The summed E-state index contributed by atoms with van der Waals surface area (Å²) in [6.07, 6.45) is -2.84. The molecule has 2 atom stereocenters. The Bertz CT molecular complexity index is 435. The SMILES string of the molecule is COc1cccc(C(O)C(O)CN=[N+]=[N-])c1F. The Morgan fingerprint density at radius 3 is 2.82 bits per heavy atom. The van der Waals surface area contributed by atoms with Crippen LogP contribution >= 0.6 is 0 Å². The molecule has 17 heavy (non-hydrogen) atoms. The van der Waals surface area contributed by atoms with E-state index in [2.05, 4.69) is 10.0 Å². The minimum absolute atomic E-state index is 0.0301. The number of benzene rings is 1. The molecule has 0 radical (unpaired) electrons. The van der Waals surface area contributed by atoms with E-state index in [1.807, 2.05) is 0 Å². The average molecular weight is 241 g/mol. The van der Waals surface area contributed by atoms with Gasteiger partial charge in [0.2, 0.25) is 0 Å². The van der Waals surface area contributed by atoms with Crippen LogP contribution in [0.2, 0.25) is 0 Å². The highest BCUT2D eigenvalue weighted by Crippen LogP contribution is 2.26. The van der Waals surface area contributed by atoms with Crippen molar-refractivity contribution in [3.05, 3.63) is 40.0 Å². The van der Waals surface area contributed by atoms with Crippen molar-refractivity contribution in [3.63, 3.8) is 0 Å². The fourth-order valence-corrected chi connectivity index (χ4v) is 1.34. The number of azide groups is 1. The third kappa shape index (κ3) is 3.07. The van der Waals surface area contributed by atoms with Crippen molar-refractivity contribution in [1.82, 2.24) is 0 Å². The van der Waals surface area contributed by atoms with Crippen LogP contribution in [-0.2, 0) is 0 Å². The van der Waals surface area contributed by atoms with Gasteiger partial charge in [0.05, 0.1) is 19.8 Å². The molecule has 0 aliphatic carbocycles. The maximum Gasteiger partial charge on any atom is 0.170 e. The number of ether oxygens (including phenoxy) is 1. The second-order valence-electron chi connectivity index (χ2n) is 3.29. The van der Waals surface area contributed by atoms with Crippen molar-refractivity contribution in [3.8, 4) is 5.75 Å². The minimum Gasteiger partial charge on any atom is -0.494 e. The average Bonchev–Trinajstić information content (AvgIpc) is 2.35. The highest BCUT2D eigenvalue weighted by molar-refractivity contribution is 5.32. The first-order valence-electron chi connectivity index (χ1n) is 4.81. The molecule has 0 amide bonds. The van der Waals surface area contributed by atoms with Crippen LogP contribution in [0.3, 0.4) is 0 Å². The van der Waals surface area contributed by atoms with E-state index in [9.17, 15) is 14.6 Å². The van der Waals surface area contributed by atoms with Gasteiger partial charge in [-0.05, 0) is 11.6 Å². The summed E-state index contributed by atoms with van der Waals surface area (Å²) in [7, 11) is 1.30. The van der Waals surface area contributed by atoms with E-state index in [-0.39, 0.29) is 17.9 Å². The number of rotatable bonds is 5. The summed E-state index contributed by atoms with van der Waals surface area (Å²) < 4.78 is 18.5. The van der Waals surface area contributed by atoms with Crippen molar-refractivity contribution >= 4 is 0 Å². The Balaban J connectivity index is 2.95. The third-order valence-electron chi connectivity index (χ3n) is 2.23. The Kier molecular flexibility index (Phi) is 4.71. The molecule has 0 saturated carbocycles. The molecule has 7 heteroatoms. The minimum atomic E-state index is -1.48. The molecule has 0 heterocycles. The molecule has 1 rings (SSSR count). The monoisotopic (exact) mass is 241 g/mol. The fourth-order valence-electron chi connectivity index (χ4n) is 1.34. The summed E-state index contributed by atoms with van der Waals surface area (Å²) in [6.45, 7) is -0.339. The number of aliphatic hydroxyl groups is 2. The fraction of sp³-hybridized carbons (Fsp3) is 0.400. The van der Waals surface area contributed by atoms with E-state index in [0.717, 1.165) is 0 Å². The smallest absolute Gasteiger partial charge is 0.170 e. The van der Waals surface area contributed by atoms with Crippen LogP contribution in [0.1, 0.15) is 11.7 Å². The van der Waals surface area contributed by atoms with Gasteiger partial charge in [-0.15, -0.1) is 0 Å². The first-order valence-corrected chi connectivity index (χ1v) is 4.81. The highest BCUT2D eigenvalue weighted by Gasteiger charge is 2.22. The molecule has 1 aromatic rings. The lowest BCUT2D eigenvalue weighted by Crippen LogP contribution is -2.22. The van der Waals surface area contributed by atoms with Gasteiger partial charge in [-0.25, -0.2) is 4.39 Å². The summed E-state index contributed by atoms with van der Waals surface area (Å²) in [5.41, 5.74) is 7.97. The van der Waals surface area contributed by atoms with Gasteiger partial charge in [0, 0.05) is 10.5 Å². The van der Waals surface area contributed by atoms with Crippen LogP contribution in [0.25, 0.3) is 10.4 Å². The first kappa shape index (κ1) is 13.2. The standard InChI is InChI=1S/C10H12FN3O3/c1-17-8-4-2-3-6(9(8)11)10(16)7(15)5-13-14-12/h2-4,7,10,15-16H,5H2,1H3. The Morgan fingerprint density at radius 2 is 2.24 bits per heavy atom. The predicted octanol–water partition coefficient (Wildman–Crippen LogP) is 1.54.